The second-order valence-electron chi connectivity index (χ2n) is 4.78. The first kappa shape index (κ1) is 11.6. The van der Waals surface area contributed by atoms with Gasteiger partial charge in [-0.15, -0.1) is 0 Å². The molecule has 16 heavy (non-hydrogen) atoms. The van der Waals surface area contributed by atoms with E-state index in [9.17, 15) is 9.90 Å². The van der Waals surface area contributed by atoms with Gasteiger partial charge in [0.1, 0.15) is 0 Å². The first-order valence-corrected chi connectivity index (χ1v) is 6.26. The fraction of sp³-hybridized carbons (Fsp3) is 0.769. The van der Waals surface area contributed by atoms with Crippen LogP contribution < -0.4 is 0 Å². The van der Waals surface area contributed by atoms with E-state index in [-0.39, 0.29) is 18.0 Å². The Morgan fingerprint density at radius 1 is 1.56 bits per heavy atom. The van der Waals surface area contributed by atoms with Crippen molar-refractivity contribution in [2.75, 3.05) is 6.61 Å². The predicted octanol–water partition coefficient (Wildman–Crippen LogP) is 2.05. The summed E-state index contributed by atoms with van der Waals surface area (Å²) in [5.74, 6) is 0.351. The molecule has 0 amide bonds. The Labute approximate surface area is 96.5 Å². The summed E-state index contributed by atoms with van der Waals surface area (Å²) in [5, 5.41) is 9.84. The number of allylic oxidation sites excluding steroid dienone is 1. The highest BCUT2D eigenvalue weighted by Gasteiger charge is 2.35. The van der Waals surface area contributed by atoms with Crippen molar-refractivity contribution in [3.05, 3.63) is 11.6 Å². The number of aliphatic hydroxyl groups is 1. The van der Waals surface area contributed by atoms with Crippen molar-refractivity contribution >= 4 is 5.97 Å². The Kier molecular flexibility index (Phi) is 3.64. The van der Waals surface area contributed by atoms with Gasteiger partial charge in [-0.2, -0.15) is 0 Å². The summed E-state index contributed by atoms with van der Waals surface area (Å²) in [5.41, 5.74) is 1.14. The van der Waals surface area contributed by atoms with Gasteiger partial charge in [-0.05, 0) is 44.1 Å². The number of esters is 1. The minimum absolute atomic E-state index is 0.0222. The highest BCUT2D eigenvalue weighted by Crippen LogP contribution is 2.38. The smallest absolute Gasteiger partial charge is 0.309 e. The van der Waals surface area contributed by atoms with Crippen molar-refractivity contribution in [1.82, 2.24) is 0 Å². The number of hydrogen-bond acceptors (Lipinski definition) is 3. The zero-order valence-electron chi connectivity index (χ0n) is 9.82. The second-order valence-corrected chi connectivity index (χ2v) is 4.78. The van der Waals surface area contributed by atoms with Crippen LogP contribution in [0.4, 0.5) is 0 Å². The molecule has 0 saturated heterocycles. The highest BCUT2D eigenvalue weighted by molar-refractivity contribution is 5.73. The van der Waals surface area contributed by atoms with Crippen molar-refractivity contribution < 1.29 is 14.6 Å². The van der Waals surface area contributed by atoms with Crippen LogP contribution in [0.25, 0.3) is 0 Å². The Hall–Kier alpha value is -0.830. The third kappa shape index (κ3) is 2.29. The summed E-state index contributed by atoms with van der Waals surface area (Å²) in [6.07, 6.45) is 6.30. The van der Waals surface area contributed by atoms with E-state index < -0.39 is 0 Å². The molecule has 0 spiro atoms. The number of rotatable bonds is 2. The van der Waals surface area contributed by atoms with E-state index in [2.05, 4.69) is 0 Å². The summed E-state index contributed by atoms with van der Waals surface area (Å²) >= 11 is 0. The molecule has 0 heterocycles. The lowest BCUT2D eigenvalue weighted by Gasteiger charge is -2.28. The maximum absolute atomic E-state index is 11.8. The molecule has 1 saturated carbocycles. The lowest BCUT2D eigenvalue weighted by molar-refractivity contribution is -0.150. The van der Waals surface area contributed by atoms with Crippen molar-refractivity contribution in [3.8, 4) is 0 Å². The van der Waals surface area contributed by atoms with Crippen LogP contribution in [0.15, 0.2) is 11.6 Å². The number of aliphatic hydroxyl groups excluding tert-OH is 1. The quantitative estimate of drug-likeness (QED) is 0.577. The van der Waals surface area contributed by atoms with Gasteiger partial charge in [0.05, 0.1) is 18.6 Å². The molecule has 2 aliphatic rings. The number of ether oxygens (including phenoxy) is 1. The molecule has 0 aliphatic heterocycles. The Morgan fingerprint density at radius 2 is 2.38 bits per heavy atom. The lowest BCUT2D eigenvalue weighted by atomic mass is 9.78. The molecule has 2 rings (SSSR count). The highest BCUT2D eigenvalue weighted by atomic mass is 16.5. The van der Waals surface area contributed by atoms with E-state index in [1.807, 2.05) is 13.0 Å². The summed E-state index contributed by atoms with van der Waals surface area (Å²) in [6, 6.07) is 0. The molecular weight excluding hydrogens is 204 g/mol. The van der Waals surface area contributed by atoms with E-state index in [0.29, 0.717) is 12.5 Å². The molecule has 3 unspecified atom stereocenters. The summed E-state index contributed by atoms with van der Waals surface area (Å²) < 4.78 is 5.11. The maximum atomic E-state index is 11.8. The van der Waals surface area contributed by atoms with Crippen LogP contribution in [0.1, 0.15) is 39.0 Å². The van der Waals surface area contributed by atoms with Gasteiger partial charge in [0.15, 0.2) is 0 Å². The third-order valence-corrected chi connectivity index (χ3v) is 3.77. The maximum Gasteiger partial charge on any atom is 0.309 e. The first-order valence-electron chi connectivity index (χ1n) is 6.26. The van der Waals surface area contributed by atoms with Crippen LogP contribution in [-0.4, -0.2) is 23.8 Å². The van der Waals surface area contributed by atoms with Crippen molar-refractivity contribution in [3.63, 3.8) is 0 Å². The second kappa shape index (κ2) is 5.00. The van der Waals surface area contributed by atoms with Gasteiger partial charge >= 0.3 is 5.97 Å². The zero-order chi connectivity index (χ0) is 11.5. The molecule has 0 radical (unpaired) electrons. The van der Waals surface area contributed by atoms with Crippen LogP contribution in [0.2, 0.25) is 0 Å². The minimum atomic E-state index is -0.270. The van der Waals surface area contributed by atoms with Crippen molar-refractivity contribution in [2.45, 2.75) is 45.1 Å². The molecule has 2 aliphatic carbocycles. The molecule has 0 aromatic rings. The zero-order valence-corrected chi connectivity index (χ0v) is 9.82. The van der Waals surface area contributed by atoms with E-state index in [0.717, 1.165) is 37.7 Å². The molecule has 3 atom stereocenters. The van der Waals surface area contributed by atoms with Gasteiger partial charge in [-0.1, -0.05) is 12.5 Å². The van der Waals surface area contributed by atoms with Crippen LogP contribution in [0.3, 0.4) is 0 Å². The first-order chi connectivity index (χ1) is 7.72. The van der Waals surface area contributed by atoms with Crippen LogP contribution in [0, 0.1) is 11.8 Å². The van der Waals surface area contributed by atoms with Crippen LogP contribution >= 0.6 is 0 Å². The van der Waals surface area contributed by atoms with Gasteiger partial charge in [0.25, 0.3) is 0 Å². The molecule has 0 aromatic heterocycles. The number of fused-ring (bicyclic) bond motifs is 2. The largest absolute Gasteiger partial charge is 0.466 e. The van der Waals surface area contributed by atoms with Gasteiger partial charge < -0.3 is 9.84 Å². The minimum Gasteiger partial charge on any atom is -0.466 e. The van der Waals surface area contributed by atoms with Gasteiger partial charge in [-0.25, -0.2) is 0 Å². The molecule has 3 nitrogen and oxygen atoms in total. The monoisotopic (exact) mass is 224 g/mol. The van der Waals surface area contributed by atoms with E-state index in [1.165, 1.54) is 0 Å². The number of carbonyl (C=O) groups excluding carboxylic acids is 1. The predicted molar refractivity (Wildman–Crippen MR) is 60.8 cm³/mol. The van der Waals surface area contributed by atoms with E-state index in [1.54, 1.807) is 0 Å². The van der Waals surface area contributed by atoms with Crippen molar-refractivity contribution in [2.24, 2.45) is 11.8 Å². The molecule has 3 heteroatoms. The Morgan fingerprint density at radius 3 is 3.12 bits per heavy atom. The van der Waals surface area contributed by atoms with E-state index in [4.69, 9.17) is 4.74 Å². The SMILES string of the molecule is CCOC(=O)C1CC=C2CC1CCCC2O. The number of carbonyl (C=O) groups is 1. The molecule has 1 N–H and O–H groups in total. The average molecular weight is 224 g/mol. The molecule has 90 valence electrons. The lowest BCUT2D eigenvalue weighted by Crippen LogP contribution is -2.28. The van der Waals surface area contributed by atoms with E-state index >= 15 is 0 Å². The number of hydrogen-bond donors (Lipinski definition) is 1. The molecular formula is C13H20O3. The van der Waals surface area contributed by atoms with Gasteiger partial charge in [0.2, 0.25) is 0 Å². The average Bonchev–Trinajstić information content (AvgIpc) is 2.41. The summed E-state index contributed by atoms with van der Waals surface area (Å²) in [7, 11) is 0. The fourth-order valence-corrected chi connectivity index (χ4v) is 2.87. The molecule has 1 fully saturated rings. The van der Waals surface area contributed by atoms with Crippen LogP contribution in [0.5, 0.6) is 0 Å². The standard InChI is InChI=1S/C13H20O3/c1-2-16-13(15)11-7-6-10-8-9(11)4-3-5-12(10)14/h6,9,11-12,14H,2-5,7-8H2,1H3. The topological polar surface area (TPSA) is 46.5 Å². The van der Waals surface area contributed by atoms with Crippen molar-refractivity contribution in [1.29, 1.82) is 0 Å². The fourth-order valence-electron chi connectivity index (χ4n) is 2.87. The van der Waals surface area contributed by atoms with Gasteiger partial charge in [0, 0.05) is 0 Å². The normalized spacial score (nSPS) is 33.9. The Balaban J connectivity index is 2.09. The molecule has 0 aromatic carbocycles. The summed E-state index contributed by atoms with van der Waals surface area (Å²) in [4.78, 5) is 11.8. The summed E-state index contributed by atoms with van der Waals surface area (Å²) in [6.45, 7) is 2.31. The Bertz CT molecular complexity index is 296. The van der Waals surface area contributed by atoms with Crippen LogP contribution in [-0.2, 0) is 9.53 Å². The van der Waals surface area contributed by atoms with Gasteiger partial charge in [-0.3, -0.25) is 4.79 Å². The molecule has 2 bridgehead atoms. The third-order valence-electron chi connectivity index (χ3n) is 3.77.